The fourth-order valence-electron chi connectivity index (χ4n) is 3.69. The van der Waals surface area contributed by atoms with Gasteiger partial charge in [-0.3, -0.25) is 4.79 Å². The Morgan fingerprint density at radius 2 is 2.21 bits per heavy atom. The molecular formula is C14H20N4O. The Hall–Kier alpha value is -1.65. The molecule has 0 saturated heterocycles. The Balaban J connectivity index is 1.62. The normalized spacial score (nSPS) is 28.6. The minimum absolute atomic E-state index is 0.0599. The van der Waals surface area contributed by atoms with Crippen molar-refractivity contribution in [2.45, 2.75) is 25.7 Å². The van der Waals surface area contributed by atoms with Crippen molar-refractivity contribution >= 4 is 11.7 Å². The third-order valence-electron chi connectivity index (χ3n) is 4.64. The summed E-state index contributed by atoms with van der Waals surface area (Å²) in [6.45, 7) is 0.839. The summed E-state index contributed by atoms with van der Waals surface area (Å²) in [6, 6.07) is 3.26. The molecule has 1 amide bonds. The highest BCUT2D eigenvalue weighted by Gasteiger charge is 2.40. The molecule has 2 saturated carbocycles. The molecule has 2 aliphatic rings. The van der Waals surface area contributed by atoms with Crippen molar-refractivity contribution in [3.05, 3.63) is 17.8 Å². The molecule has 102 valence electrons. The average molecular weight is 260 g/mol. The van der Waals surface area contributed by atoms with E-state index in [2.05, 4.69) is 10.2 Å². The summed E-state index contributed by atoms with van der Waals surface area (Å²) in [5.41, 5.74) is 5.85. The second-order valence-electron chi connectivity index (χ2n) is 5.96. The standard InChI is InChI=1S/C14H20N4O/c1-18(8-11-7-9-2-3-10(11)6-9)14(19)12-4-5-13(15)17-16-12/h4-5,9-11H,2-3,6-8H2,1H3,(H2,15,17). The molecule has 5 nitrogen and oxygen atoms in total. The largest absolute Gasteiger partial charge is 0.382 e. The van der Waals surface area contributed by atoms with Crippen LogP contribution in [0.25, 0.3) is 0 Å². The lowest BCUT2D eigenvalue weighted by molar-refractivity contribution is 0.0747. The number of fused-ring (bicyclic) bond motifs is 2. The molecule has 1 heterocycles. The molecule has 0 aromatic carbocycles. The summed E-state index contributed by atoms with van der Waals surface area (Å²) in [5.74, 6) is 2.70. The smallest absolute Gasteiger partial charge is 0.274 e. The van der Waals surface area contributed by atoms with E-state index in [4.69, 9.17) is 5.73 Å². The maximum atomic E-state index is 12.2. The quantitative estimate of drug-likeness (QED) is 0.895. The van der Waals surface area contributed by atoms with Gasteiger partial charge in [-0.15, -0.1) is 10.2 Å². The third-order valence-corrected chi connectivity index (χ3v) is 4.64. The minimum atomic E-state index is -0.0599. The summed E-state index contributed by atoms with van der Waals surface area (Å²) in [7, 11) is 1.85. The van der Waals surface area contributed by atoms with Crippen LogP contribution < -0.4 is 5.73 Å². The van der Waals surface area contributed by atoms with E-state index < -0.39 is 0 Å². The number of nitrogens with zero attached hydrogens (tertiary/aromatic N) is 3. The number of hydrogen-bond acceptors (Lipinski definition) is 4. The molecule has 19 heavy (non-hydrogen) atoms. The van der Waals surface area contributed by atoms with E-state index in [1.165, 1.54) is 25.7 Å². The zero-order valence-corrected chi connectivity index (χ0v) is 11.2. The van der Waals surface area contributed by atoms with Gasteiger partial charge in [0.2, 0.25) is 0 Å². The van der Waals surface area contributed by atoms with Crippen LogP contribution in [0, 0.1) is 17.8 Å². The van der Waals surface area contributed by atoms with E-state index in [9.17, 15) is 4.79 Å². The van der Waals surface area contributed by atoms with Crippen LogP contribution in [0.3, 0.4) is 0 Å². The summed E-state index contributed by atoms with van der Waals surface area (Å²) >= 11 is 0. The van der Waals surface area contributed by atoms with Crippen molar-refractivity contribution in [2.24, 2.45) is 17.8 Å². The van der Waals surface area contributed by atoms with E-state index in [0.29, 0.717) is 17.4 Å². The Kier molecular flexibility index (Phi) is 3.12. The van der Waals surface area contributed by atoms with E-state index in [1.807, 2.05) is 7.05 Å². The monoisotopic (exact) mass is 260 g/mol. The Bertz CT molecular complexity index is 473. The van der Waals surface area contributed by atoms with Gasteiger partial charge in [0.1, 0.15) is 5.82 Å². The van der Waals surface area contributed by atoms with Gasteiger partial charge in [-0.05, 0) is 49.1 Å². The zero-order valence-electron chi connectivity index (χ0n) is 11.2. The van der Waals surface area contributed by atoms with Crippen LogP contribution in [0.5, 0.6) is 0 Å². The minimum Gasteiger partial charge on any atom is -0.382 e. The third kappa shape index (κ3) is 2.41. The topological polar surface area (TPSA) is 72.1 Å². The number of nitrogen functional groups attached to an aromatic ring is 1. The molecule has 1 aromatic heterocycles. The summed E-state index contributed by atoms with van der Waals surface area (Å²) < 4.78 is 0. The first-order valence-corrected chi connectivity index (χ1v) is 6.98. The number of aromatic nitrogens is 2. The van der Waals surface area contributed by atoms with Gasteiger partial charge >= 0.3 is 0 Å². The first-order valence-electron chi connectivity index (χ1n) is 6.98. The lowest BCUT2D eigenvalue weighted by Gasteiger charge is -2.27. The predicted octanol–water partition coefficient (Wildman–Crippen LogP) is 1.57. The lowest BCUT2D eigenvalue weighted by atomic mass is 9.88. The molecule has 0 spiro atoms. The molecule has 3 atom stereocenters. The highest BCUT2D eigenvalue weighted by molar-refractivity contribution is 5.92. The van der Waals surface area contributed by atoms with Crippen molar-refractivity contribution < 1.29 is 4.79 Å². The molecule has 1 aromatic rings. The second kappa shape index (κ2) is 4.79. The number of rotatable bonds is 3. The van der Waals surface area contributed by atoms with Crippen molar-refractivity contribution in [2.75, 3.05) is 19.3 Å². The van der Waals surface area contributed by atoms with Crippen molar-refractivity contribution in [1.82, 2.24) is 15.1 Å². The SMILES string of the molecule is CN(CC1CC2CCC1C2)C(=O)c1ccc(N)nn1. The van der Waals surface area contributed by atoms with Gasteiger partial charge in [-0.1, -0.05) is 6.42 Å². The first kappa shape index (κ1) is 12.4. The van der Waals surface area contributed by atoms with E-state index in [0.717, 1.165) is 18.4 Å². The van der Waals surface area contributed by atoms with E-state index >= 15 is 0 Å². The lowest BCUT2D eigenvalue weighted by Crippen LogP contribution is -2.34. The Morgan fingerprint density at radius 1 is 1.37 bits per heavy atom. The molecule has 2 bridgehead atoms. The predicted molar refractivity (Wildman–Crippen MR) is 72.3 cm³/mol. The van der Waals surface area contributed by atoms with Crippen LogP contribution >= 0.6 is 0 Å². The van der Waals surface area contributed by atoms with Crippen LogP contribution in [0.2, 0.25) is 0 Å². The number of anilines is 1. The number of carbonyl (C=O) groups is 1. The fraction of sp³-hybridized carbons (Fsp3) is 0.643. The van der Waals surface area contributed by atoms with E-state index in [-0.39, 0.29) is 5.91 Å². The molecule has 3 rings (SSSR count). The van der Waals surface area contributed by atoms with Crippen LogP contribution in [-0.4, -0.2) is 34.6 Å². The molecule has 0 radical (unpaired) electrons. The summed E-state index contributed by atoms with van der Waals surface area (Å²) in [5, 5.41) is 7.59. The Labute approximate surface area is 113 Å². The molecule has 0 aliphatic heterocycles. The van der Waals surface area contributed by atoms with Gasteiger partial charge in [-0.25, -0.2) is 0 Å². The van der Waals surface area contributed by atoms with Gasteiger partial charge < -0.3 is 10.6 Å². The molecule has 2 fully saturated rings. The molecule has 2 aliphatic carbocycles. The van der Waals surface area contributed by atoms with Gasteiger partial charge in [-0.2, -0.15) is 0 Å². The summed E-state index contributed by atoms with van der Waals surface area (Å²) in [4.78, 5) is 14.0. The highest BCUT2D eigenvalue weighted by atomic mass is 16.2. The van der Waals surface area contributed by atoms with Crippen LogP contribution in [0.1, 0.15) is 36.2 Å². The maximum absolute atomic E-state index is 12.2. The first-order chi connectivity index (χ1) is 9.13. The fourth-order valence-corrected chi connectivity index (χ4v) is 3.69. The number of carbonyl (C=O) groups excluding carboxylic acids is 1. The Morgan fingerprint density at radius 3 is 2.79 bits per heavy atom. The highest BCUT2D eigenvalue weighted by Crippen LogP contribution is 2.48. The van der Waals surface area contributed by atoms with E-state index in [1.54, 1.807) is 17.0 Å². The van der Waals surface area contributed by atoms with Crippen LogP contribution in [0.15, 0.2) is 12.1 Å². The number of amides is 1. The van der Waals surface area contributed by atoms with Crippen molar-refractivity contribution in [3.8, 4) is 0 Å². The molecular weight excluding hydrogens is 240 g/mol. The maximum Gasteiger partial charge on any atom is 0.274 e. The van der Waals surface area contributed by atoms with Gasteiger partial charge in [0.05, 0.1) is 0 Å². The second-order valence-corrected chi connectivity index (χ2v) is 5.96. The number of nitrogens with two attached hydrogens (primary N) is 1. The molecule has 2 N–H and O–H groups in total. The average Bonchev–Trinajstić information content (AvgIpc) is 3.01. The molecule has 3 unspecified atom stereocenters. The number of hydrogen-bond donors (Lipinski definition) is 1. The zero-order chi connectivity index (χ0) is 13.4. The van der Waals surface area contributed by atoms with Crippen molar-refractivity contribution in [3.63, 3.8) is 0 Å². The van der Waals surface area contributed by atoms with Gasteiger partial charge in [0.25, 0.3) is 5.91 Å². The molecule has 5 heteroatoms. The summed E-state index contributed by atoms with van der Waals surface area (Å²) in [6.07, 6.45) is 5.39. The van der Waals surface area contributed by atoms with Gasteiger partial charge in [0.15, 0.2) is 5.69 Å². The van der Waals surface area contributed by atoms with Crippen LogP contribution in [-0.2, 0) is 0 Å². The van der Waals surface area contributed by atoms with Crippen LogP contribution in [0.4, 0.5) is 5.82 Å². The van der Waals surface area contributed by atoms with Gasteiger partial charge in [0, 0.05) is 13.6 Å². The van der Waals surface area contributed by atoms with Crippen molar-refractivity contribution in [1.29, 1.82) is 0 Å².